The Labute approximate surface area is 164 Å². The molecule has 1 aromatic heterocycles. The zero-order chi connectivity index (χ0) is 20.3. The van der Waals surface area contributed by atoms with Crippen LogP contribution in [0.4, 0.5) is 0 Å². The van der Waals surface area contributed by atoms with Crippen LogP contribution >= 0.6 is 0 Å². The molecule has 0 saturated heterocycles. The molecular weight excluding hydrogens is 354 g/mol. The molecule has 0 aliphatic carbocycles. The van der Waals surface area contributed by atoms with Gasteiger partial charge in [0.25, 0.3) is 0 Å². The molecule has 0 saturated carbocycles. The number of hydrogen-bond acceptors (Lipinski definition) is 5. The van der Waals surface area contributed by atoms with Gasteiger partial charge in [-0.15, -0.1) is 0 Å². The molecule has 0 N–H and O–H groups in total. The van der Waals surface area contributed by atoms with E-state index in [1.54, 1.807) is 18.3 Å². The van der Waals surface area contributed by atoms with E-state index in [4.69, 9.17) is 9.47 Å². The van der Waals surface area contributed by atoms with Gasteiger partial charge in [-0.3, -0.25) is 4.98 Å². The lowest BCUT2D eigenvalue weighted by Crippen LogP contribution is -2.23. The maximum Gasteiger partial charge on any atom is 0.340 e. The summed E-state index contributed by atoms with van der Waals surface area (Å²) < 4.78 is 10.2. The second-order valence-corrected chi connectivity index (χ2v) is 7.53. The maximum atomic E-state index is 12.2. The fraction of sp³-hybridized carbons (Fsp3) is 0.261. The lowest BCUT2D eigenvalue weighted by atomic mass is 10.00. The Balaban J connectivity index is 1.87. The van der Waals surface area contributed by atoms with Crippen molar-refractivity contribution in [1.82, 2.24) is 4.98 Å². The van der Waals surface area contributed by atoms with Gasteiger partial charge in [-0.2, -0.15) is 0 Å². The monoisotopic (exact) mass is 377 g/mol. The van der Waals surface area contributed by atoms with Crippen LogP contribution in [0, 0.1) is 0 Å². The first-order valence-corrected chi connectivity index (χ1v) is 9.06. The molecule has 0 radical (unpaired) electrons. The summed E-state index contributed by atoms with van der Waals surface area (Å²) >= 11 is 0. The molecule has 3 aromatic rings. The standard InChI is InChI=1S/C23H23NO4/c1-23(2,3)28-21(25)16-11-9-15(10-12-16)13-20-18-8-6-5-7-17(18)19(14-24-20)22(26)27-4/h5-12,14H,13H2,1-4H3. The number of ether oxygens (including phenoxy) is 2. The third-order valence-electron chi connectivity index (χ3n) is 4.24. The highest BCUT2D eigenvalue weighted by molar-refractivity contribution is 6.04. The zero-order valence-electron chi connectivity index (χ0n) is 16.5. The predicted molar refractivity (Wildman–Crippen MR) is 107 cm³/mol. The highest BCUT2D eigenvalue weighted by Crippen LogP contribution is 2.24. The van der Waals surface area contributed by atoms with Gasteiger partial charge in [-0.1, -0.05) is 36.4 Å². The number of nitrogens with zero attached hydrogens (tertiary/aromatic N) is 1. The van der Waals surface area contributed by atoms with E-state index < -0.39 is 11.6 Å². The van der Waals surface area contributed by atoms with Crippen LogP contribution < -0.4 is 0 Å². The Morgan fingerprint density at radius 3 is 2.18 bits per heavy atom. The SMILES string of the molecule is COC(=O)c1cnc(Cc2ccc(C(=O)OC(C)(C)C)cc2)c2ccccc12. The third kappa shape index (κ3) is 4.36. The van der Waals surface area contributed by atoms with Gasteiger partial charge >= 0.3 is 11.9 Å². The van der Waals surface area contributed by atoms with E-state index in [1.165, 1.54) is 7.11 Å². The Morgan fingerprint density at radius 1 is 0.929 bits per heavy atom. The van der Waals surface area contributed by atoms with Crippen molar-refractivity contribution < 1.29 is 19.1 Å². The number of carbonyl (C=O) groups excluding carboxylic acids is 2. The second kappa shape index (κ2) is 7.80. The molecule has 0 bridgehead atoms. The van der Waals surface area contributed by atoms with Gasteiger partial charge in [0.1, 0.15) is 5.60 Å². The van der Waals surface area contributed by atoms with Crippen molar-refractivity contribution in [2.24, 2.45) is 0 Å². The highest BCUT2D eigenvalue weighted by Gasteiger charge is 2.18. The van der Waals surface area contributed by atoms with E-state index in [2.05, 4.69) is 4.98 Å². The molecule has 0 amide bonds. The van der Waals surface area contributed by atoms with Crippen LogP contribution in [0.2, 0.25) is 0 Å². The number of carbonyl (C=O) groups is 2. The summed E-state index contributed by atoms with van der Waals surface area (Å²) in [5.74, 6) is -0.748. The third-order valence-corrected chi connectivity index (χ3v) is 4.24. The van der Waals surface area contributed by atoms with Crippen molar-refractivity contribution in [1.29, 1.82) is 0 Å². The molecule has 1 heterocycles. The highest BCUT2D eigenvalue weighted by atomic mass is 16.6. The van der Waals surface area contributed by atoms with E-state index in [1.807, 2.05) is 57.2 Å². The van der Waals surface area contributed by atoms with Gasteiger partial charge in [0.05, 0.1) is 23.9 Å². The normalized spacial score (nSPS) is 11.3. The fourth-order valence-corrected chi connectivity index (χ4v) is 2.95. The van der Waals surface area contributed by atoms with Crippen molar-refractivity contribution in [2.45, 2.75) is 32.8 Å². The van der Waals surface area contributed by atoms with Crippen molar-refractivity contribution in [3.05, 3.63) is 77.1 Å². The first kappa shape index (κ1) is 19.5. The number of pyridine rings is 1. The molecule has 3 rings (SSSR count). The van der Waals surface area contributed by atoms with Gasteiger partial charge in [-0.05, 0) is 43.9 Å². The first-order valence-electron chi connectivity index (χ1n) is 9.06. The van der Waals surface area contributed by atoms with E-state index in [9.17, 15) is 9.59 Å². The molecule has 0 fully saturated rings. The summed E-state index contributed by atoms with van der Waals surface area (Å²) in [5.41, 5.74) is 2.30. The summed E-state index contributed by atoms with van der Waals surface area (Å²) in [5, 5.41) is 1.71. The minimum atomic E-state index is -0.528. The van der Waals surface area contributed by atoms with Crippen molar-refractivity contribution >= 4 is 22.7 Å². The topological polar surface area (TPSA) is 65.5 Å². The minimum absolute atomic E-state index is 0.343. The Kier molecular flexibility index (Phi) is 5.45. The van der Waals surface area contributed by atoms with Crippen LogP contribution in [-0.4, -0.2) is 29.6 Å². The lowest BCUT2D eigenvalue weighted by Gasteiger charge is -2.19. The minimum Gasteiger partial charge on any atom is -0.465 e. The molecule has 2 aromatic carbocycles. The summed E-state index contributed by atoms with van der Waals surface area (Å²) in [6, 6.07) is 14.9. The number of methoxy groups -OCH3 is 1. The van der Waals surface area contributed by atoms with Gasteiger partial charge in [0.15, 0.2) is 0 Å². The Bertz CT molecular complexity index is 1020. The van der Waals surface area contributed by atoms with E-state index in [0.29, 0.717) is 17.5 Å². The average molecular weight is 377 g/mol. The Hall–Kier alpha value is -3.21. The quantitative estimate of drug-likeness (QED) is 0.623. The number of benzene rings is 2. The summed E-state index contributed by atoms with van der Waals surface area (Å²) in [6.07, 6.45) is 2.13. The average Bonchev–Trinajstić information content (AvgIpc) is 2.67. The molecule has 0 atom stereocenters. The smallest absolute Gasteiger partial charge is 0.340 e. The van der Waals surface area contributed by atoms with Crippen LogP contribution in [0.1, 0.15) is 52.7 Å². The van der Waals surface area contributed by atoms with Crippen molar-refractivity contribution in [3.63, 3.8) is 0 Å². The fourth-order valence-electron chi connectivity index (χ4n) is 2.95. The molecule has 28 heavy (non-hydrogen) atoms. The number of fused-ring (bicyclic) bond motifs is 1. The summed E-state index contributed by atoms with van der Waals surface area (Å²) in [4.78, 5) is 28.6. The number of hydrogen-bond donors (Lipinski definition) is 0. The van der Waals surface area contributed by atoms with Gasteiger partial charge in [-0.25, -0.2) is 9.59 Å². The molecule has 144 valence electrons. The van der Waals surface area contributed by atoms with Gasteiger partial charge < -0.3 is 9.47 Å². The molecule has 0 aliphatic rings. The maximum absolute atomic E-state index is 12.2. The zero-order valence-corrected chi connectivity index (χ0v) is 16.5. The largest absolute Gasteiger partial charge is 0.465 e. The number of aromatic nitrogens is 1. The molecule has 0 spiro atoms. The molecule has 5 nitrogen and oxygen atoms in total. The van der Waals surface area contributed by atoms with Crippen molar-refractivity contribution in [2.75, 3.05) is 7.11 Å². The predicted octanol–water partition coefficient (Wildman–Crippen LogP) is 4.57. The molecule has 0 aliphatic heterocycles. The summed E-state index contributed by atoms with van der Waals surface area (Å²) in [7, 11) is 1.36. The van der Waals surface area contributed by atoms with Crippen LogP contribution in [0.3, 0.4) is 0 Å². The lowest BCUT2D eigenvalue weighted by molar-refractivity contribution is 0.00693. The van der Waals surface area contributed by atoms with Crippen LogP contribution in [0.25, 0.3) is 10.8 Å². The number of esters is 2. The molecular formula is C23H23NO4. The van der Waals surface area contributed by atoms with Gasteiger partial charge in [0.2, 0.25) is 0 Å². The van der Waals surface area contributed by atoms with Crippen LogP contribution in [-0.2, 0) is 15.9 Å². The second-order valence-electron chi connectivity index (χ2n) is 7.53. The van der Waals surface area contributed by atoms with E-state index in [0.717, 1.165) is 22.0 Å². The molecule has 5 heteroatoms. The van der Waals surface area contributed by atoms with Crippen LogP contribution in [0.15, 0.2) is 54.7 Å². The Morgan fingerprint density at radius 2 is 1.57 bits per heavy atom. The van der Waals surface area contributed by atoms with Crippen LogP contribution in [0.5, 0.6) is 0 Å². The molecule has 0 unspecified atom stereocenters. The first-order chi connectivity index (χ1) is 13.3. The van der Waals surface area contributed by atoms with Crippen molar-refractivity contribution in [3.8, 4) is 0 Å². The van der Waals surface area contributed by atoms with Gasteiger partial charge in [0, 0.05) is 18.0 Å². The van der Waals surface area contributed by atoms with E-state index >= 15 is 0 Å². The van der Waals surface area contributed by atoms with E-state index in [-0.39, 0.29) is 5.97 Å². The number of rotatable bonds is 4. The summed E-state index contributed by atoms with van der Waals surface area (Å²) in [6.45, 7) is 5.52.